The highest BCUT2D eigenvalue weighted by Crippen LogP contribution is 2.26. The number of rotatable bonds is 4. The van der Waals surface area contributed by atoms with E-state index in [1.54, 1.807) is 13.0 Å². The Morgan fingerprint density at radius 2 is 2.12 bits per heavy atom. The van der Waals surface area contributed by atoms with Gasteiger partial charge in [-0.1, -0.05) is 17.3 Å². The van der Waals surface area contributed by atoms with E-state index >= 15 is 0 Å². The number of halogens is 1. The molecule has 130 valence electrons. The fourth-order valence-electron chi connectivity index (χ4n) is 2.57. The Bertz CT molecular complexity index is 671. The molecule has 1 amide bonds. The van der Waals surface area contributed by atoms with Crippen LogP contribution in [0.2, 0.25) is 0 Å². The van der Waals surface area contributed by atoms with Gasteiger partial charge in [0.2, 0.25) is 0 Å². The van der Waals surface area contributed by atoms with E-state index in [4.69, 9.17) is 9.26 Å². The van der Waals surface area contributed by atoms with Crippen molar-refractivity contribution in [2.45, 2.75) is 19.8 Å². The number of carbonyl (C=O) groups is 1. The summed E-state index contributed by atoms with van der Waals surface area (Å²) < 4.78 is 10.5. The van der Waals surface area contributed by atoms with E-state index in [1.165, 1.54) is 0 Å². The van der Waals surface area contributed by atoms with Crippen LogP contribution in [0.25, 0.3) is 11.5 Å². The van der Waals surface area contributed by atoms with Gasteiger partial charge < -0.3 is 14.6 Å². The number of aryl methyl sites for hydroxylation is 1. The van der Waals surface area contributed by atoms with Crippen LogP contribution in [0.1, 0.15) is 18.7 Å². The van der Waals surface area contributed by atoms with Gasteiger partial charge in [-0.3, -0.25) is 5.32 Å². The number of piperidine rings is 1. The van der Waals surface area contributed by atoms with Gasteiger partial charge in [0, 0.05) is 0 Å². The number of hydrogen-bond acceptors (Lipinski definition) is 6. The number of carbonyl (C=O) groups excluding carboxylic acids is 1. The molecule has 1 aromatic heterocycles. The first kappa shape index (κ1) is 18.2. The number of nitrogens with one attached hydrogen (secondary N) is 2. The average Bonchev–Trinajstić information content (AvgIpc) is 3.01. The van der Waals surface area contributed by atoms with Crippen LogP contribution in [0.4, 0.5) is 10.5 Å². The highest BCUT2D eigenvalue weighted by Gasteiger charge is 2.17. The van der Waals surface area contributed by atoms with Crippen molar-refractivity contribution in [2.75, 3.05) is 25.0 Å². The normalized spacial score (nSPS) is 14.7. The first-order valence-corrected chi connectivity index (χ1v) is 7.76. The number of anilines is 1. The summed E-state index contributed by atoms with van der Waals surface area (Å²) in [6.45, 7) is 4.15. The van der Waals surface area contributed by atoms with Crippen LogP contribution in [0.15, 0.2) is 28.8 Å². The van der Waals surface area contributed by atoms with Crippen molar-refractivity contribution in [2.24, 2.45) is 5.92 Å². The van der Waals surface area contributed by atoms with Crippen molar-refractivity contribution < 1.29 is 14.1 Å². The molecule has 24 heavy (non-hydrogen) atoms. The van der Waals surface area contributed by atoms with E-state index in [2.05, 4.69) is 20.8 Å². The summed E-state index contributed by atoms with van der Waals surface area (Å²) in [5, 5.41) is 9.82. The van der Waals surface area contributed by atoms with Crippen LogP contribution in [0.5, 0.6) is 0 Å². The minimum atomic E-state index is -0.466. The lowest BCUT2D eigenvalue weighted by molar-refractivity contribution is 0.131. The Kier molecular flexibility index (Phi) is 6.57. The zero-order valence-electron chi connectivity index (χ0n) is 13.4. The van der Waals surface area contributed by atoms with Gasteiger partial charge in [-0.05, 0) is 50.9 Å². The van der Waals surface area contributed by atoms with E-state index in [0.717, 1.165) is 25.9 Å². The van der Waals surface area contributed by atoms with Crippen LogP contribution in [0, 0.1) is 12.8 Å². The predicted octanol–water partition coefficient (Wildman–Crippen LogP) is 3.01. The summed E-state index contributed by atoms with van der Waals surface area (Å²) in [6.07, 6.45) is 1.60. The molecule has 3 rings (SSSR count). The maximum Gasteiger partial charge on any atom is 0.411 e. The molecule has 1 aromatic carbocycles. The van der Waals surface area contributed by atoms with Gasteiger partial charge >= 0.3 is 6.09 Å². The maximum atomic E-state index is 12.0. The second kappa shape index (κ2) is 8.65. The van der Waals surface area contributed by atoms with Gasteiger partial charge in [0.05, 0.1) is 17.9 Å². The molecule has 2 N–H and O–H groups in total. The molecule has 0 aliphatic carbocycles. The summed E-state index contributed by atoms with van der Waals surface area (Å²) >= 11 is 0. The molecule has 2 aromatic rings. The summed E-state index contributed by atoms with van der Waals surface area (Å²) in [6, 6.07) is 7.27. The molecule has 7 nitrogen and oxygen atoms in total. The minimum Gasteiger partial charge on any atom is -0.449 e. The first-order valence-electron chi connectivity index (χ1n) is 7.76. The summed E-state index contributed by atoms with van der Waals surface area (Å²) in [4.78, 5) is 16.2. The number of amides is 1. The molecule has 0 atom stereocenters. The van der Waals surface area contributed by atoms with Crippen LogP contribution in [-0.2, 0) is 4.74 Å². The SMILES string of the molecule is Cc1noc(-c2ccccc2NC(=O)OCC2CCNCC2)n1.Cl. The monoisotopic (exact) mass is 352 g/mol. The van der Waals surface area contributed by atoms with Crippen molar-refractivity contribution in [3.63, 3.8) is 0 Å². The Hall–Kier alpha value is -2.12. The minimum absolute atomic E-state index is 0. The lowest BCUT2D eigenvalue weighted by Gasteiger charge is -2.22. The molecule has 1 aliphatic heterocycles. The summed E-state index contributed by atoms with van der Waals surface area (Å²) in [7, 11) is 0. The molecule has 0 radical (unpaired) electrons. The lowest BCUT2D eigenvalue weighted by Crippen LogP contribution is -2.31. The molecular weight excluding hydrogens is 332 g/mol. The molecule has 8 heteroatoms. The van der Waals surface area contributed by atoms with Gasteiger partial charge in [-0.25, -0.2) is 4.79 Å². The predicted molar refractivity (Wildman–Crippen MR) is 92.3 cm³/mol. The number of para-hydroxylation sites is 1. The third-order valence-electron chi connectivity index (χ3n) is 3.83. The Balaban J connectivity index is 0.00000208. The second-order valence-corrected chi connectivity index (χ2v) is 5.61. The highest BCUT2D eigenvalue weighted by atomic mass is 35.5. The quantitative estimate of drug-likeness (QED) is 0.879. The summed E-state index contributed by atoms with van der Waals surface area (Å²) in [5.41, 5.74) is 1.26. The molecule has 1 fully saturated rings. The van der Waals surface area contributed by atoms with Crippen LogP contribution in [-0.4, -0.2) is 35.9 Å². The van der Waals surface area contributed by atoms with E-state index in [-0.39, 0.29) is 12.4 Å². The van der Waals surface area contributed by atoms with E-state index in [1.807, 2.05) is 18.2 Å². The Morgan fingerprint density at radius 1 is 1.38 bits per heavy atom. The third kappa shape index (κ3) is 4.69. The molecule has 1 saturated heterocycles. The number of benzene rings is 1. The number of hydrogen-bond donors (Lipinski definition) is 2. The largest absolute Gasteiger partial charge is 0.449 e. The van der Waals surface area contributed by atoms with Gasteiger partial charge in [0.1, 0.15) is 0 Å². The standard InChI is InChI=1S/C16H20N4O3.ClH/c1-11-18-15(23-20-11)13-4-2-3-5-14(13)19-16(21)22-10-12-6-8-17-9-7-12;/h2-5,12,17H,6-10H2,1H3,(H,19,21);1H. The Labute approximate surface area is 146 Å². The molecule has 0 spiro atoms. The fraction of sp³-hybridized carbons (Fsp3) is 0.438. The number of ether oxygens (including phenoxy) is 1. The fourth-order valence-corrected chi connectivity index (χ4v) is 2.57. The lowest BCUT2D eigenvalue weighted by atomic mass is 9.99. The van der Waals surface area contributed by atoms with Crippen molar-refractivity contribution in [3.05, 3.63) is 30.1 Å². The van der Waals surface area contributed by atoms with E-state index in [0.29, 0.717) is 35.5 Å². The second-order valence-electron chi connectivity index (χ2n) is 5.61. The summed E-state index contributed by atoms with van der Waals surface area (Å²) in [5.74, 6) is 1.34. The van der Waals surface area contributed by atoms with Gasteiger partial charge in [-0.15, -0.1) is 12.4 Å². The highest BCUT2D eigenvalue weighted by molar-refractivity contribution is 5.90. The van der Waals surface area contributed by atoms with Gasteiger partial charge in [-0.2, -0.15) is 4.98 Å². The van der Waals surface area contributed by atoms with Gasteiger partial charge in [0.15, 0.2) is 5.82 Å². The number of nitrogens with zero attached hydrogens (tertiary/aromatic N) is 2. The average molecular weight is 353 g/mol. The van der Waals surface area contributed by atoms with Gasteiger partial charge in [0.25, 0.3) is 5.89 Å². The zero-order valence-corrected chi connectivity index (χ0v) is 14.3. The smallest absolute Gasteiger partial charge is 0.411 e. The third-order valence-corrected chi connectivity index (χ3v) is 3.83. The van der Waals surface area contributed by atoms with E-state index in [9.17, 15) is 4.79 Å². The maximum absolute atomic E-state index is 12.0. The van der Waals surface area contributed by atoms with Crippen molar-refractivity contribution in [1.29, 1.82) is 0 Å². The van der Waals surface area contributed by atoms with Crippen molar-refractivity contribution in [1.82, 2.24) is 15.5 Å². The number of aromatic nitrogens is 2. The van der Waals surface area contributed by atoms with Crippen molar-refractivity contribution in [3.8, 4) is 11.5 Å². The zero-order chi connectivity index (χ0) is 16.1. The molecule has 0 bridgehead atoms. The molecule has 2 heterocycles. The molecule has 0 unspecified atom stereocenters. The van der Waals surface area contributed by atoms with E-state index < -0.39 is 6.09 Å². The molecule has 1 aliphatic rings. The van der Waals surface area contributed by atoms with Crippen molar-refractivity contribution >= 4 is 24.2 Å². The molecular formula is C16H21ClN4O3. The van der Waals surface area contributed by atoms with Crippen LogP contribution in [0.3, 0.4) is 0 Å². The van der Waals surface area contributed by atoms with Crippen LogP contribution < -0.4 is 10.6 Å². The Morgan fingerprint density at radius 3 is 2.83 bits per heavy atom. The molecule has 0 saturated carbocycles. The first-order chi connectivity index (χ1) is 11.2. The van der Waals surface area contributed by atoms with Crippen LogP contribution >= 0.6 is 12.4 Å². The topological polar surface area (TPSA) is 89.3 Å².